The third-order valence-corrected chi connectivity index (χ3v) is 5.92. The third-order valence-electron chi connectivity index (χ3n) is 5.59. The lowest BCUT2D eigenvalue weighted by Gasteiger charge is -2.34. The van der Waals surface area contributed by atoms with Crippen molar-refractivity contribution in [2.24, 2.45) is 0 Å². The predicted octanol–water partition coefficient (Wildman–Crippen LogP) is 4.65. The van der Waals surface area contributed by atoms with E-state index in [-0.39, 0.29) is 11.3 Å². The summed E-state index contributed by atoms with van der Waals surface area (Å²) in [6, 6.07) is 15.4. The normalized spacial score (nSPS) is 15.3. The maximum Gasteiger partial charge on any atom is 0.259 e. The summed E-state index contributed by atoms with van der Waals surface area (Å²) in [5.74, 6) is 1.13. The number of hydrogen-bond acceptors (Lipinski definition) is 5. The van der Waals surface area contributed by atoms with Crippen LogP contribution in [0.15, 0.2) is 53.1 Å². The minimum absolute atomic E-state index is 0.0774. The zero-order valence-electron chi connectivity index (χ0n) is 18.1. The first-order valence-corrected chi connectivity index (χ1v) is 10.9. The molecule has 0 radical (unpaired) electrons. The van der Waals surface area contributed by atoms with E-state index in [1.165, 1.54) is 5.56 Å². The maximum atomic E-state index is 12.9. The van der Waals surface area contributed by atoms with Crippen molar-refractivity contribution >= 4 is 17.5 Å². The number of amides is 1. The Labute approximate surface area is 187 Å². The van der Waals surface area contributed by atoms with Gasteiger partial charge < -0.3 is 9.42 Å². The molecule has 1 aliphatic rings. The number of benzene rings is 2. The van der Waals surface area contributed by atoms with E-state index in [1.807, 2.05) is 35.2 Å². The fourth-order valence-corrected chi connectivity index (χ4v) is 3.88. The minimum atomic E-state index is 0.0774. The number of aromatic nitrogens is 2. The summed E-state index contributed by atoms with van der Waals surface area (Å²) in [4.78, 5) is 21.5. The average molecular weight is 439 g/mol. The Morgan fingerprint density at radius 3 is 2.35 bits per heavy atom. The number of piperazine rings is 1. The van der Waals surface area contributed by atoms with Crippen LogP contribution < -0.4 is 0 Å². The standard InChI is InChI=1S/C24H27ClN4O2/c1-24(2,3)18-10-8-17(9-11-18)23(30)29-14-12-28(13-15-29)16-21-26-22(31-27-21)19-6-4-5-7-20(19)25/h4-11H,12-16H2,1-3H3. The number of nitrogens with zero attached hydrogens (tertiary/aromatic N) is 4. The van der Waals surface area contributed by atoms with Gasteiger partial charge in [0.2, 0.25) is 0 Å². The van der Waals surface area contributed by atoms with Gasteiger partial charge in [-0.3, -0.25) is 9.69 Å². The quantitative estimate of drug-likeness (QED) is 0.593. The summed E-state index contributed by atoms with van der Waals surface area (Å²) in [6.07, 6.45) is 0. The van der Waals surface area contributed by atoms with Crippen molar-refractivity contribution in [3.8, 4) is 11.5 Å². The molecule has 0 saturated carbocycles. The Kier molecular flexibility index (Phi) is 6.12. The molecule has 4 rings (SSSR count). The summed E-state index contributed by atoms with van der Waals surface area (Å²) in [5, 5.41) is 4.67. The second-order valence-corrected chi connectivity index (χ2v) is 9.30. The molecular weight excluding hydrogens is 412 g/mol. The van der Waals surface area contributed by atoms with Crippen molar-refractivity contribution in [1.29, 1.82) is 0 Å². The maximum absolute atomic E-state index is 12.9. The first-order valence-electron chi connectivity index (χ1n) is 10.5. The van der Waals surface area contributed by atoms with Gasteiger partial charge >= 0.3 is 0 Å². The van der Waals surface area contributed by atoms with Crippen molar-refractivity contribution in [2.45, 2.75) is 32.7 Å². The molecule has 2 heterocycles. The third kappa shape index (κ3) is 4.97. The fraction of sp³-hybridized carbons (Fsp3) is 0.375. The van der Waals surface area contributed by atoms with Crippen LogP contribution >= 0.6 is 11.6 Å². The first kappa shape index (κ1) is 21.5. The number of halogens is 1. The van der Waals surface area contributed by atoms with Crippen molar-refractivity contribution in [1.82, 2.24) is 19.9 Å². The molecule has 0 spiro atoms. The molecule has 3 aromatic rings. The molecule has 1 aliphatic heterocycles. The van der Waals surface area contributed by atoms with Crippen LogP contribution in [-0.2, 0) is 12.0 Å². The van der Waals surface area contributed by atoms with Gasteiger partial charge in [-0.15, -0.1) is 0 Å². The summed E-state index contributed by atoms with van der Waals surface area (Å²) in [7, 11) is 0. The Morgan fingerprint density at radius 1 is 1.03 bits per heavy atom. The molecule has 0 unspecified atom stereocenters. The monoisotopic (exact) mass is 438 g/mol. The first-order chi connectivity index (χ1) is 14.8. The molecule has 7 heteroatoms. The molecular formula is C24H27ClN4O2. The van der Waals surface area contributed by atoms with E-state index >= 15 is 0 Å². The summed E-state index contributed by atoms with van der Waals surface area (Å²) < 4.78 is 5.39. The van der Waals surface area contributed by atoms with Crippen molar-refractivity contribution in [3.63, 3.8) is 0 Å². The molecule has 1 fully saturated rings. The van der Waals surface area contributed by atoms with Gasteiger partial charge in [-0.1, -0.05) is 61.8 Å². The molecule has 0 bridgehead atoms. The van der Waals surface area contributed by atoms with E-state index < -0.39 is 0 Å². The van der Waals surface area contributed by atoms with E-state index in [2.05, 4.69) is 47.9 Å². The summed E-state index contributed by atoms with van der Waals surface area (Å²) >= 11 is 6.21. The highest BCUT2D eigenvalue weighted by atomic mass is 35.5. The summed E-state index contributed by atoms with van der Waals surface area (Å²) in [6.45, 7) is 9.97. The lowest BCUT2D eigenvalue weighted by atomic mass is 9.86. The van der Waals surface area contributed by atoms with Gasteiger partial charge in [-0.25, -0.2) is 0 Å². The number of hydrogen-bond donors (Lipinski definition) is 0. The van der Waals surface area contributed by atoms with E-state index in [4.69, 9.17) is 16.1 Å². The molecule has 1 amide bonds. The second-order valence-electron chi connectivity index (χ2n) is 8.89. The Morgan fingerprint density at radius 2 is 1.71 bits per heavy atom. The SMILES string of the molecule is CC(C)(C)c1ccc(C(=O)N2CCN(Cc3noc(-c4ccccc4Cl)n3)CC2)cc1. The lowest BCUT2D eigenvalue weighted by molar-refractivity contribution is 0.0624. The Balaban J connectivity index is 1.33. The van der Waals surface area contributed by atoms with E-state index in [0.29, 0.717) is 36.4 Å². The van der Waals surface area contributed by atoms with E-state index in [1.54, 1.807) is 6.07 Å². The topological polar surface area (TPSA) is 62.5 Å². The molecule has 1 aromatic heterocycles. The van der Waals surface area contributed by atoms with Crippen LogP contribution in [0.3, 0.4) is 0 Å². The minimum Gasteiger partial charge on any atom is -0.336 e. The molecule has 0 atom stereocenters. The van der Waals surface area contributed by atoms with Crippen LogP contribution in [0.1, 0.15) is 42.5 Å². The van der Waals surface area contributed by atoms with Crippen LogP contribution in [-0.4, -0.2) is 52.0 Å². The number of carbonyl (C=O) groups is 1. The average Bonchev–Trinajstić information content (AvgIpc) is 3.22. The smallest absolute Gasteiger partial charge is 0.259 e. The van der Waals surface area contributed by atoms with Crippen LogP contribution in [0.4, 0.5) is 0 Å². The lowest BCUT2D eigenvalue weighted by Crippen LogP contribution is -2.48. The molecule has 6 nitrogen and oxygen atoms in total. The van der Waals surface area contributed by atoms with Gasteiger partial charge in [0.05, 0.1) is 17.1 Å². The summed E-state index contributed by atoms with van der Waals surface area (Å²) in [5.41, 5.74) is 2.78. The molecule has 1 saturated heterocycles. The van der Waals surface area contributed by atoms with Gasteiger partial charge in [-0.2, -0.15) is 4.98 Å². The highest BCUT2D eigenvalue weighted by Gasteiger charge is 2.24. The molecule has 0 aliphatic carbocycles. The fourth-order valence-electron chi connectivity index (χ4n) is 3.67. The highest BCUT2D eigenvalue weighted by molar-refractivity contribution is 6.33. The van der Waals surface area contributed by atoms with Gasteiger partial charge in [0.1, 0.15) is 0 Å². The van der Waals surface area contributed by atoms with E-state index in [0.717, 1.165) is 24.2 Å². The molecule has 162 valence electrons. The van der Waals surface area contributed by atoms with Gasteiger partial charge in [-0.05, 0) is 35.2 Å². The van der Waals surface area contributed by atoms with Crippen LogP contribution in [0.5, 0.6) is 0 Å². The zero-order chi connectivity index (χ0) is 22.0. The highest BCUT2D eigenvalue weighted by Crippen LogP contribution is 2.26. The Hall–Kier alpha value is -2.70. The Bertz CT molecular complexity index is 1050. The van der Waals surface area contributed by atoms with E-state index in [9.17, 15) is 4.79 Å². The number of carbonyl (C=O) groups excluding carboxylic acids is 1. The van der Waals surface area contributed by atoms with Crippen molar-refractivity contribution < 1.29 is 9.32 Å². The van der Waals surface area contributed by atoms with Gasteiger partial charge in [0, 0.05) is 31.7 Å². The molecule has 31 heavy (non-hydrogen) atoms. The van der Waals surface area contributed by atoms with Crippen LogP contribution in [0, 0.1) is 0 Å². The predicted molar refractivity (Wildman–Crippen MR) is 121 cm³/mol. The van der Waals surface area contributed by atoms with Crippen molar-refractivity contribution in [2.75, 3.05) is 26.2 Å². The zero-order valence-corrected chi connectivity index (χ0v) is 18.9. The molecule has 2 aromatic carbocycles. The van der Waals surface area contributed by atoms with Gasteiger partial charge in [0.15, 0.2) is 5.82 Å². The second kappa shape index (κ2) is 8.81. The van der Waals surface area contributed by atoms with Crippen molar-refractivity contribution in [3.05, 3.63) is 70.5 Å². The molecule has 0 N–H and O–H groups in total. The van der Waals surface area contributed by atoms with Crippen LogP contribution in [0.25, 0.3) is 11.5 Å². The largest absolute Gasteiger partial charge is 0.336 e. The van der Waals surface area contributed by atoms with Gasteiger partial charge in [0.25, 0.3) is 11.8 Å². The number of rotatable bonds is 4. The van der Waals surface area contributed by atoms with Crippen LogP contribution in [0.2, 0.25) is 5.02 Å².